The van der Waals surface area contributed by atoms with Crippen LogP contribution in [0.4, 0.5) is 5.69 Å². The van der Waals surface area contributed by atoms with Crippen molar-refractivity contribution in [2.45, 2.75) is 33.4 Å². The van der Waals surface area contributed by atoms with E-state index >= 15 is 0 Å². The summed E-state index contributed by atoms with van der Waals surface area (Å²) in [7, 11) is 0. The van der Waals surface area contributed by atoms with Crippen LogP contribution in [0.25, 0.3) is 0 Å². The maximum Gasteiger partial charge on any atom is 0.193 e. The highest BCUT2D eigenvalue weighted by atomic mass is 16.5. The Bertz CT molecular complexity index is 633. The zero-order chi connectivity index (χ0) is 15.9. The highest BCUT2D eigenvalue weighted by Crippen LogP contribution is 2.16. The van der Waals surface area contributed by atoms with Crippen molar-refractivity contribution in [2.24, 2.45) is 10.7 Å². The van der Waals surface area contributed by atoms with Crippen molar-refractivity contribution < 1.29 is 4.74 Å². The van der Waals surface area contributed by atoms with E-state index in [9.17, 15) is 0 Å². The molecule has 0 aliphatic carbocycles. The summed E-state index contributed by atoms with van der Waals surface area (Å²) in [4.78, 5) is 4.35. The lowest BCUT2D eigenvalue weighted by Crippen LogP contribution is -2.22. The molecule has 0 heterocycles. The standard InChI is InChI=1S/C18H23N3O/c1-13(2)22-17-9-7-16(8-10-17)21-18(19)20-12-15-6-4-5-14(3)11-15/h4-11,13H,12H2,1-3H3,(H3,19,20,21). The number of aryl methyl sites for hydroxylation is 1. The quantitative estimate of drug-likeness (QED) is 0.653. The van der Waals surface area contributed by atoms with Crippen LogP contribution in [0.1, 0.15) is 25.0 Å². The minimum absolute atomic E-state index is 0.166. The number of hydrogen-bond acceptors (Lipinski definition) is 2. The first-order valence-electron chi connectivity index (χ1n) is 7.42. The molecule has 0 aliphatic rings. The summed E-state index contributed by atoms with van der Waals surface area (Å²) < 4.78 is 5.60. The third-order valence-corrected chi connectivity index (χ3v) is 3.01. The van der Waals surface area contributed by atoms with Gasteiger partial charge in [0.2, 0.25) is 0 Å². The molecule has 0 fully saturated rings. The van der Waals surface area contributed by atoms with Crippen LogP contribution in [0, 0.1) is 6.92 Å². The first kappa shape index (κ1) is 15.9. The van der Waals surface area contributed by atoms with E-state index in [2.05, 4.69) is 29.4 Å². The van der Waals surface area contributed by atoms with Crippen molar-refractivity contribution >= 4 is 11.6 Å². The van der Waals surface area contributed by atoms with E-state index in [-0.39, 0.29) is 6.10 Å². The van der Waals surface area contributed by atoms with Gasteiger partial charge in [-0.1, -0.05) is 29.8 Å². The summed E-state index contributed by atoms with van der Waals surface area (Å²) in [6.07, 6.45) is 0.166. The summed E-state index contributed by atoms with van der Waals surface area (Å²) in [5.74, 6) is 1.25. The lowest BCUT2D eigenvalue weighted by atomic mass is 10.1. The summed E-state index contributed by atoms with van der Waals surface area (Å²) in [6, 6.07) is 15.9. The first-order valence-corrected chi connectivity index (χ1v) is 7.42. The lowest BCUT2D eigenvalue weighted by molar-refractivity contribution is 0.242. The number of nitrogens with two attached hydrogens (primary N) is 1. The number of ether oxygens (including phenoxy) is 1. The van der Waals surface area contributed by atoms with Gasteiger partial charge >= 0.3 is 0 Å². The number of benzene rings is 2. The number of hydrogen-bond donors (Lipinski definition) is 2. The fourth-order valence-corrected chi connectivity index (χ4v) is 2.06. The molecule has 0 unspecified atom stereocenters. The molecule has 0 saturated heterocycles. The van der Waals surface area contributed by atoms with Gasteiger partial charge < -0.3 is 15.8 Å². The molecule has 0 radical (unpaired) electrons. The van der Waals surface area contributed by atoms with E-state index in [1.807, 2.05) is 50.2 Å². The number of nitrogens with one attached hydrogen (secondary N) is 1. The van der Waals surface area contributed by atoms with E-state index in [1.54, 1.807) is 0 Å². The van der Waals surface area contributed by atoms with Gasteiger partial charge in [-0.25, -0.2) is 4.99 Å². The smallest absolute Gasteiger partial charge is 0.193 e. The summed E-state index contributed by atoms with van der Waals surface area (Å²) >= 11 is 0. The third-order valence-electron chi connectivity index (χ3n) is 3.01. The Morgan fingerprint density at radius 2 is 1.91 bits per heavy atom. The second-order valence-corrected chi connectivity index (χ2v) is 5.51. The van der Waals surface area contributed by atoms with Gasteiger partial charge in [0.05, 0.1) is 12.6 Å². The minimum Gasteiger partial charge on any atom is -0.491 e. The molecule has 2 aromatic rings. The largest absolute Gasteiger partial charge is 0.491 e. The molecular formula is C18H23N3O. The second kappa shape index (κ2) is 7.50. The molecule has 0 bridgehead atoms. The summed E-state index contributed by atoms with van der Waals surface area (Å²) in [5.41, 5.74) is 9.17. The number of aliphatic imine (C=N–C) groups is 1. The van der Waals surface area contributed by atoms with Crippen molar-refractivity contribution in [3.8, 4) is 5.75 Å². The van der Waals surface area contributed by atoms with E-state index in [0.29, 0.717) is 12.5 Å². The molecule has 116 valence electrons. The van der Waals surface area contributed by atoms with Gasteiger partial charge in [-0.3, -0.25) is 0 Å². The maximum atomic E-state index is 5.92. The second-order valence-electron chi connectivity index (χ2n) is 5.51. The fourth-order valence-electron chi connectivity index (χ4n) is 2.06. The molecular weight excluding hydrogens is 274 g/mol. The predicted molar refractivity (Wildman–Crippen MR) is 92.3 cm³/mol. The molecule has 0 saturated carbocycles. The molecule has 4 heteroatoms. The van der Waals surface area contributed by atoms with Gasteiger partial charge in [0.25, 0.3) is 0 Å². The Hall–Kier alpha value is -2.49. The Balaban J connectivity index is 1.93. The van der Waals surface area contributed by atoms with Gasteiger partial charge in [-0.05, 0) is 50.6 Å². The van der Waals surface area contributed by atoms with Crippen LogP contribution in [0.2, 0.25) is 0 Å². The van der Waals surface area contributed by atoms with E-state index in [4.69, 9.17) is 10.5 Å². The maximum absolute atomic E-state index is 5.92. The van der Waals surface area contributed by atoms with Crippen molar-refractivity contribution in [3.05, 3.63) is 59.7 Å². The first-order chi connectivity index (χ1) is 10.5. The van der Waals surface area contributed by atoms with Crippen LogP contribution < -0.4 is 15.8 Å². The summed E-state index contributed by atoms with van der Waals surface area (Å²) in [5, 5.41) is 3.08. The van der Waals surface area contributed by atoms with Gasteiger partial charge in [-0.2, -0.15) is 0 Å². The van der Waals surface area contributed by atoms with Crippen molar-refractivity contribution in [3.63, 3.8) is 0 Å². The number of guanidine groups is 1. The Labute approximate surface area is 132 Å². The SMILES string of the molecule is Cc1cccc(CN=C(N)Nc2ccc(OC(C)C)cc2)c1. The Morgan fingerprint density at radius 1 is 1.18 bits per heavy atom. The molecule has 0 aromatic heterocycles. The van der Waals surface area contributed by atoms with Crippen LogP contribution in [0.3, 0.4) is 0 Å². The molecule has 2 rings (SSSR count). The normalized spacial score (nSPS) is 11.5. The van der Waals surface area contributed by atoms with E-state index in [0.717, 1.165) is 17.0 Å². The highest BCUT2D eigenvalue weighted by molar-refractivity contribution is 5.92. The molecule has 22 heavy (non-hydrogen) atoms. The van der Waals surface area contributed by atoms with Crippen molar-refractivity contribution in [2.75, 3.05) is 5.32 Å². The molecule has 0 spiro atoms. The molecule has 0 aliphatic heterocycles. The van der Waals surface area contributed by atoms with Gasteiger partial charge in [0.15, 0.2) is 5.96 Å². The number of anilines is 1. The van der Waals surface area contributed by atoms with Gasteiger partial charge in [0, 0.05) is 5.69 Å². The third kappa shape index (κ3) is 5.13. The highest BCUT2D eigenvalue weighted by Gasteiger charge is 1.99. The van der Waals surface area contributed by atoms with Crippen molar-refractivity contribution in [1.29, 1.82) is 0 Å². The van der Waals surface area contributed by atoms with Crippen LogP contribution in [-0.4, -0.2) is 12.1 Å². The van der Waals surface area contributed by atoms with Crippen LogP contribution in [-0.2, 0) is 6.54 Å². The van der Waals surface area contributed by atoms with Crippen LogP contribution in [0.15, 0.2) is 53.5 Å². The van der Waals surface area contributed by atoms with E-state index < -0.39 is 0 Å². The Morgan fingerprint density at radius 3 is 2.55 bits per heavy atom. The Kier molecular flexibility index (Phi) is 5.42. The molecule has 2 aromatic carbocycles. The minimum atomic E-state index is 0.166. The zero-order valence-electron chi connectivity index (χ0n) is 13.3. The monoisotopic (exact) mass is 297 g/mol. The van der Waals surface area contributed by atoms with Gasteiger partial charge in [-0.15, -0.1) is 0 Å². The predicted octanol–water partition coefficient (Wildman–Crippen LogP) is 3.71. The molecule has 3 N–H and O–H groups in total. The number of rotatable bonds is 5. The summed E-state index contributed by atoms with van der Waals surface area (Å²) in [6.45, 7) is 6.63. The van der Waals surface area contributed by atoms with Crippen LogP contribution in [0.5, 0.6) is 5.75 Å². The lowest BCUT2D eigenvalue weighted by Gasteiger charge is -2.11. The topological polar surface area (TPSA) is 59.6 Å². The average molecular weight is 297 g/mol. The fraction of sp³-hybridized carbons (Fsp3) is 0.278. The molecule has 0 amide bonds. The van der Waals surface area contributed by atoms with Gasteiger partial charge in [0.1, 0.15) is 5.75 Å². The molecule has 0 atom stereocenters. The molecule has 4 nitrogen and oxygen atoms in total. The zero-order valence-corrected chi connectivity index (χ0v) is 13.3. The van der Waals surface area contributed by atoms with E-state index in [1.165, 1.54) is 5.56 Å². The average Bonchev–Trinajstić information content (AvgIpc) is 2.47. The van der Waals surface area contributed by atoms with Crippen molar-refractivity contribution in [1.82, 2.24) is 0 Å². The number of nitrogens with zero attached hydrogens (tertiary/aromatic N) is 1. The van der Waals surface area contributed by atoms with Crippen LogP contribution >= 0.6 is 0 Å².